The molecule has 1 radical (unpaired) electrons. The largest absolute Gasteiger partial charge is 0.372 e. The van der Waals surface area contributed by atoms with Gasteiger partial charge in [-0.15, -0.1) is 0 Å². The second-order valence-corrected chi connectivity index (χ2v) is 3.99. The van der Waals surface area contributed by atoms with E-state index in [0.29, 0.717) is 6.42 Å². The van der Waals surface area contributed by atoms with Crippen LogP contribution in [0.15, 0.2) is 18.2 Å². The highest BCUT2D eigenvalue weighted by atomic mass is 16.1. The van der Waals surface area contributed by atoms with Gasteiger partial charge in [0.25, 0.3) is 0 Å². The van der Waals surface area contributed by atoms with Crippen LogP contribution < -0.4 is 10.2 Å². The smallest absolute Gasteiger partial charge is 0.246 e. The summed E-state index contributed by atoms with van der Waals surface area (Å²) >= 11 is 0. The summed E-state index contributed by atoms with van der Waals surface area (Å²) in [6.07, 6.45) is 1.38. The summed E-state index contributed by atoms with van der Waals surface area (Å²) in [6.45, 7) is 6.21. The second kappa shape index (κ2) is 4.56. The minimum atomic E-state index is 0.00389. The number of fused-ring (bicyclic) bond motifs is 1. The summed E-state index contributed by atoms with van der Waals surface area (Å²) in [5, 5.41) is 4.09. The van der Waals surface area contributed by atoms with Crippen LogP contribution in [0.4, 0.5) is 11.4 Å². The molecule has 2 rings (SSSR count). The van der Waals surface area contributed by atoms with Gasteiger partial charge in [-0.2, -0.15) is 0 Å². The van der Waals surface area contributed by atoms with E-state index in [-0.39, 0.29) is 5.91 Å². The van der Waals surface area contributed by atoms with Gasteiger partial charge in [0.1, 0.15) is 0 Å². The third-order valence-corrected chi connectivity index (χ3v) is 3.05. The summed E-state index contributed by atoms with van der Waals surface area (Å²) in [7, 11) is 0. The van der Waals surface area contributed by atoms with E-state index in [9.17, 15) is 4.79 Å². The molecule has 1 aromatic carbocycles. The lowest BCUT2D eigenvalue weighted by molar-refractivity contribution is -0.120. The van der Waals surface area contributed by atoms with Crippen LogP contribution in [-0.4, -0.2) is 19.0 Å². The molecule has 16 heavy (non-hydrogen) atoms. The minimum absolute atomic E-state index is 0.00389. The molecule has 1 aliphatic heterocycles. The Kier molecular flexibility index (Phi) is 3.13. The van der Waals surface area contributed by atoms with Crippen molar-refractivity contribution >= 4 is 17.3 Å². The number of carbonyl (C=O) groups is 1. The standard InChI is InChI=1S/C13H17N2O/c1-3-15(4-2)11-7-5-10-6-8-13(16)14-12(10)9-11/h5,7,9H,3-4,6,8H2,1-2H3. The Morgan fingerprint density at radius 2 is 2.00 bits per heavy atom. The van der Waals surface area contributed by atoms with Gasteiger partial charge in [-0.1, -0.05) is 6.07 Å². The van der Waals surface area contributed by atoms with Crippen molar-refractivity contribution in [2.75, 3.05) is 18.0 Å². The quantitative estimate of drug-likeness (QED) is 0.778. The van der Waals surface area contributed by atoms with Gasteiger partial charge in [-0.25, -0.2) is 5.32 Å². The molecule has 0 bridgehead atoms. The van der Waals surface area contributed by atoms with Crippen molar-refractivity contribution in [2.45, 2.75) is 26.7 Å². The van der Waals surface area contributed by atoms with E-state index >= 15 is 0 Å². The van der Waals surface area contributed by atoms with Crippen LogP contribution in [0.2, 0.25) is 0 Å². The maximum Gasteiger partial charge on any atom is 0.246 e. The van der Waals surface area contributed by atoms with Crippen molar-refractivity contribution < 1.29 is 4.79 Å². The zero-order valence-electron chi connectivity index (χ0n) is 9.86. The summed E-state index contributed by atoms with van der Waals surface area (Å²) in [6, 6.07) is 6.25. The molecule has 0 saturated carbocycles. The number of anilines is 1. The first-order valence-electron chi connectivity index (χ1n) is 5.87. The fourth-order valence-corrected chi connectivity index (χ4v) is 2.09. The molecule has 0 fully saturated rings. The first-order valence-corrected chi connectivity index (χ1v) is 5.87. The van der Waals surface area contributed by atoms with Crippen LogP contribution in [0.3, 0.4) is 0 Å². The van der Waals surface area contributed by atoms with E-state index in [4.69, 9.17) is 0 Å². The SMILES string of the molecule is CCN(CC)c1ccc2c(c1)[N]C(=O)CC2. The zero-order chi connectivity index (χ0) is 11.5. The summed E-state index contributed by atoms with van der Waals surface area (Å²) in [5.41, 5.74) is 3.21. The van der Waals surface area contributed by atoms with Gasteiger partial charge in [0.15, 0.2) is 0 Å². The highest BCUT2D eigenvalue weighted by Gasteiger charge is 2.17. The van der Waals surface area contributed by atoms with Crippen molar-refractivity contribution in [2.24, 2.45) is 0 Å². The molecule has 0 spiro atoms. The van der Waals surface area contributed by atoms with E-state index in [0.717, 1.165) is 30.9 Å². The number of benzene rings is 1. The molecule has 0 atom stereocenters. The third kappa shape index (κ3) is 2.03. The molecular weight excluding hydrogens is 200 g/mol. The topological polar surface area (TPSA) is 34.4 Å². The van der Waals surface area contributed by atoms with Gasteiger partial charge in [0.05, 0.1) is 5.69 Å². The normalized spacial score (nSPS) is 14.2. The number of rotatable bonds is 3. The summed E-state index contributed by atoms with van der Waals surface area (Å²) in [4.78, 5) is 13.5. The van der Waals surface area contributed by atoms with Gasteiger partial charge < -0.3 is 4.90 Å². The molecule has 3 nitrogen and oxygen atoms in total. The fraction of sp³-hybridized carbons (Fsp3) is 0.462. The first kappa shape index (κ1) is 11.0. The zero-order valence-corrected chi connectivity index (χ0v) is 9.86. The minimum Gasteiger partial charge on any atom is -0.372 e. The molecule has 0 unspecified atom stereocenters. The average Bonchev–Trinajstić information content (AvgIpc) is 2.30. The highest BCUT2D eigenvalue weighted by Crippen LogP contribution is 2.27. The lowest BCUT2D eigenvalue weighted by atomic mass is 10.0. The number of amides is 1. The molecule has 1 heterocycles. The van der Waals surface area contributed by atoms with Crippen molar-refractivity contribution in [3.63, 3.8) is 0 Å². The Bertz CT molecular complexity index is 397. The van der Waals surface area contributed by atoms with E-state index in [1.54, 1.807) is 0 Å². The molecule has 0 N–H and O–H groups in total. The van der Waals surface area contributed by atoms with Crippen molar-refractivity contribution in [3.8, 4) is 0 Å². The van der Waals surface area contributed by atoms with Crippen LogP contribution in [0.25, 0.3) is 0 Å². The van der Waals surface area contributed by atoms with Crippen LogP contribution in [0.5, 0.6) is 0 Å². The lowest BCUT2D eigenvalue weighted by Crippen LogP contribution is -2.23. The van der Waals surface area contributed by atoms with Crippen molar-refractivity contribution in [1.82, 2.24) is 5.32 Å². The highest BCUT2D eigenvalue weighted by molar-refractivity contribution is 5.84. The van der Waals surface area contributed by atoms with Crippen molar-refractivity contribution in [3.05, 3.63) is 23.8 Å². The Morgan fingerprint density at radius 1 is 1.25 bits per heavy atom. The van der Waals surface area contributed by atoms with Crippen LogP contribution in [0.1, 0.15) is 25.8 Å². The molecule has 3 heteroatoms. The number of hydrogen-bond acceptors (Lipinski definition) is 2. The molecule has 1 aromatic rings. The molecule has 0 saturated heterocycles. The predicted octanol–water partition coefficient (Wildman–Crippen LogP) is 2.24. The summed E-state index contributed by atoms with van der Waals surface area (Å²) in [5.74, 6) is 0.00389. The molecule has 0 aliphatic carbocycles. The Labute approximate surface area is 96.5 Å². The molecule has 1 amide bonds. The van der Waals surface area contributed by atoms with E-state index < -0.39 is 0 Å². The fourth-order valence-electron chi connectivity index (χ4n) is 2.09. The maximum atomic E-state index is 11.3. The van der Waals surface area contributed by atoms with Crippen LogP contribution >= 0.6 is 0 Å². The van der Waals surface area contributed by atoms with Gasteiger partial charge in [-0.3, -0.25) is 4.79 Å². The van der Waals surface area contributed by atoms with Gasteiger partial charge in [0.2, 0.25) is 5.91 Å². The van der Waals surface area contributed by atoms with E-state index in [2.05, 4.69) is 36.2 Å². The lowest BCUT2D eigenvalue weighted by Gasteiger charge is -2.23. The molecule has 0 aromatic heterocycles. The Hall–Kier alpha value is -1.51. The Morgan fingerprint density at radius 3 is 2.69 bits per heavy atom. The van der Waals surface area contributed by atoms with Crippen molar-refractivity contribution in [1.29, 1.82) is 0 Å². The van der Waals surface area contributed by atoms with Gasteiger partial charge in [0, 0.05) is 25.2 Å². The van der Waals surface area contributed by atoms with Crippen LogP contribution in [0, 0.1) is 0 Å². The Balaban J connectivity index is 2.30. The van der Waals surface area contributed by atoms with E-state index in [1.165, 1.54) is 5.56 Å². The number of carbonyl (C=O) groups excluding carboxylic acids is 1. The molecular formula is C13H17N2O. The number of nitrogens with zero attached hydrogens (tertiary/aromatic N) is 2. The van der Waals surface area contributed by atoms with Gasteiger partial charge >= 0.3 is 0 Å². The van der Waals surface area contributed by atoms with Gasteiger partial charge in [-0.05, 0) is 38.0 Å². The second-order valence-electron chi connectivity index (χ2n) is 3.99. The molecule has 1 aliphatic rings. The summed E-state index contributed by atoms with van der Waals surface area (Å²) < 4.78 is 0. The number of aryl methyl sites for hydroxylation is 1. The third-order valence-electron chi connectivity index (χ3n) is 3.05. The predicted molar refractivity (Wildman–Crippen MR) is 65.1 cm³/mol. The average molecular weight is 217 g/mol. The maximum absolute atomic E-state index is 11.3. The van der Waals surface area contributed by atoms with E-state index in [1.807, 2.05) is 6.07 Å². The first-order chi connectivity index (χ1) is 7.74. The number of hydrogen-bond donors (Lipinski definition) is 0. The molecule has 85 valence electrons. The monoisotopic (exact) mass is 217 g/mol. The van der Waals surface area contributed by atoms with Crippen LogP contribution in [-0.2, 0) is 11.2 Å².